The van der Waals surface area contributed by atoms with Crippen LogP contribution in [0.4, 0.5) is 5.69 Å². The number of amides is 2. The molecule has 10 nitrogen and oxygen atoms in total. The lowest BCUT2D eigenvalue weighted by atomic mass is 9.99. The summed E-state index contributed by atoms with van der Waals surface area (Å²) < 4.78 is 12.2. The maximum absolute atomic E-state index is 12.8. The minimum atomic E-state index is -0.526. The van der Waals surface area contributed by atoms with Gasteiger partial charge in [0.1, 0.15) is 28.7 Å². The number of anilines is 1. The van der Waals surface area contributed by atoms with E-state index in [0.717, 1.165) is 5.56 Å². The predicted molar refractivity (Wildman–Crippen MR) is 135 cm³/mol. The number of ether oxygens (including phenoxy) is 2. The number of benzene rings is 1. The maximum atomic E-state index is 12.8. The zero-order chi connectivity index (χ0) is 25.6. The highest BCUT2D eigenvalue weighted by Gasteiger charge is 2.34. The van der Waals surface area contributed by atoms with Crippen molar-refractivity contribution in [3.8, 4) is 17.2 Å². The molecule has 0 aliphatic carbocycles. The average molecular weight is 481 g/mol. The first-order valence-corrected chi connectivity index (χ1v) is 11.5. The summed E-state index contributed by atoms with van der Waals surface area (Å²) in [4.78, 5) is 33.4. The van der Waals surface area contributed by atoms with Gasteiger partial charge in [-0.15, -0.1) is 0 Å². The van der Waals surface area contributed by atoms with E-state index in [9.17, 15) is 9.59 Å². The van der Waals surface area contributed by atoms with E-state index in [2.05, 4.69) is 25.9 Å². The first-order chi connectivity index (χ1) is 16.7. The van der Waals surface area contributed by atoms with Crippen LogP contribution in [-0.2, 0) is 6.42 Å². The standard InChI is InChI=1S/C25H32N6O4/c1-6-28-18-12-16(14-30-22(18)24(33)29-7-2)34-19-10-15(23(32)31-21(26)8-9-27-5)11-20-17(19)13-25(3,4)35-20/h8-12,14,27-28H,6-7,13H2,1-5H3,(H,29,33)(H2,26,31,32)/b9-8-. The van der Waals surface area contributed by atoms with Gasteiger partial charge in [-0.3, -0.25) is 9.59 Å². The Morgan fingerprint density at radius 1 is 1.26 bits per heavy atom. The summed E-state index contributed by atoms with van der Waals surface area (Å²) in [5.41, 5.74) is 7.28. The van der Waals surface area contributed by atoms with E-state index in [1.165, 1.54) is 12.3 Å². The summed E-state index contributed by atoms with van der Waals surface area (Å²) in [7, 11) is 1.72. The molecule has 0 unspecified atom stereocenters. The summed E-state index contributed by atoms with van der Waals surface area (Å²) in [6, 6.07) is 4.98. The Kier molecular flexibility index (Phi) is 7.95. The summed E-state index contributed by atoms with van der Waals surface area (Å²) in [6.07, 6.45) is 5.14. The highest BCUT2D eigenvalue weighted by Crippen LogP contribution is 2.43. The number of rotatable bonds is 9. The van der Waals surface area contributed by atoms with Gasteiger partial charge in [-0.05, 0) is 52.1 Å². The number of carbonyl (C=O) groups excluding carboxylic acids is 2. The molecule has 1 aliphatic rings. The molecule has 10 heteroatoms. The van der Waals surface area contributed by atoms with Crippen molar-refractivity contribution in [2.24, 2.45) is 10.7 Å². The van der Waals surface area contributed by atoms with Crippen molar-refractivity contribution in [2.75, 3.05) is 25.5 Å². The number of fused-ring (bicyclic) bond motifs is 1. The van der Waals surface area contributed by atoms with Crippen LogP contribution in [0.25, 0.3) is 0 Å². The molecule has 2 amide bonds. The van der Waals surface area contributed by atoms with E-state index < -0.39 is 11.5 Å². The Bertz CT molecular complexity index is 1170. The summed E-state index contributed by atoms with van der Waals surface area (Å²) in [6.45, 7) is 8.78. The molecular formula is C25H32N6O4. The van der Waals surface area contributed by atoms with Gasteiger partial charge in [-0.25, -0.2) is 4.98 Å². The molecular weight excluding hydrogens is 448 g/mol. The van der Waals surface area contributed by atoms with Crippen LogP contribution in [0.15, 0.2) is 41.7 Å². The lowest BCUT2D eigenvalue weighted by Gasteiger charge is -2.16. The van der Waals surface area contributed by atoms with Crippen LogP contribution >= 0.6 is 0 Å². The van der Waals surface area contributed by atoms with Crippen LogP contribution < -0.4 is 31.2 Å². The van der Waals surface area contributed by atoms with Crippen molar-refractivity contribution < 1.29 is 19.1 Å². The Morgan fingerprint density at radius 2 is 2.03 bits per heavy atom. The highest BCUT2D eigenvalue weighted by atomic mass is 16.5. The molecule has 5 N–H and O–H groups in total. The Hall–Kier alpha value is -4.08. The van der Waals surface area contributed by atoms with Crippen molar-refractivity contribution in [1.29, 1.82) is 0 Å². The molecule has 0 fully saturated rings. The van der Waals surface area contributed by atoms with Crippen LogP contribution in [-0.4, -0.2) is 48.4 Å². The predicted octanol–water partition coefficient (Wildman–Crippen LogP) is 3.00. The second kappa shape index (κ2) is 10.9. The van der Waals surface area contributed by atoms with Gasteiger partial charge in [0.15, 0.2) is 5.69 Å². The zero-order valence-corrected chi connectivity index (χ0v) is 20.7. The minimum Gasteiger partial charge on any atom is -0.487 e. The number of nitrogens with two attached hydrogens (primary N) is 1. The smallest absolute Gasteiger partial charge is 0.279 e. The topological polar surface area (TPSA) is 140 Å². The van der Waals surface area contributed by atoms with Gasteiger partial charge in [0.05, 0.1) is 11.9 Å². The summed E-state index contributed by atoms with van der Waals surface area (Å²) >= 11 is 0. The van der Waals surface area contributed by atoms with Crippen molar-refractivity contribution in [1.82, 2.24) is 15.6 Å². The molecule has 1 aliphatic heterocycles. The van der Waals surface area contributed by atoms with Crippen LogP contribution in [0.3, 0.4) is 0 Å². The monoisotopic (exact) mass is 480 g/mol. The third-order valence-electron chi connectivity index (χ3n) is 5.07. The van der Waals surface area contributed by atoms with Gasteiger partial charge in [-0.2, -0.15) is 4.99 Å². The van der Waals surface area contributed by atoms with Crippen molar-refractivity contribution in [2.45, 2.75) is 39.7 Å². The molecule has 3 rings (SSSR count). The second-order valence-electron chi connectivity index (χ2n) is 8.51. The van der Waals surface area contributed by atoms with E-state index in [1.54, 1.807) is 31.4 Å². The second-order valence-corrected chi connectivity index (χ2v) is 8.51. The van der Waals surface area contributed by atoms with Crippen LogP contribution in [0.2, 0.25) is 0 Å². The highest BCUT2D eigenvalue weighted by molar-refractivity contribution is 6.06. The third kappa shape index (κ3) is 6.28. The van der Waals surface area contributed by atoms with Gasteiger partial charge in [0, 0.05) is 43.8 Å². The number of carbonyl (C=O) groups is 2. The van der Waals surface area contributed by atoms with Gasteiger partial charge >= 0.3 is 0 Å². The molecule has 35 heavy (non-hydrogen) atoms. The van der Waals surface area contributed by atoms with Gasteiger partial charge in [0.25, 0.3) is 11.8 Å². The van der Waals surface area contributed by atoms with Crippen LogP contribution in [0.5, 0.6) is 17.2 Å². The van der Waals surface area contributed by atoms with Gasteiger partial charge in [-0.1, -0.05) is 0 Å². The quantitative estimate of drug-likeness (QED) is 0.317. The molecule has 0 spiro atoms. The number of hydrogen-bond donors (Lipinski definition) is 4. The fraction of sp³-hybridized carbons (Fsp3) is 0.360. The number of hydrogen-bond acceptors (Lipinski definition) is 7. The molecule has 0 radical (unpaired) electrons. The van der Waals surface area contributed by atoms with E-state index in [4.69, 9.17) is 15.2 Å². The zero-order valence-electron chi connectivity index (χ0n) is 20.7. The van der Waals surface area contributed by atoms with Crippen molar-refractivity contribution >= 4 is 23.3 Å². The molecule has 0 bridgehead atoms. The minimum absolute atomic E-state index is 0.0639. The Balaban J connectivity index is 2.00. The van der Waals surface area contributed by atoms with Gasteiger partial charge in [0.2, 0.25) is 0 Å². The fourth-order valence-corrected chi connectivity index (χ4v) is 3.63. The Morgan fingerprint density at radius 3 is 2.71 bits per heavy atom. The number of amidine groups is 1. The molecule has 186 valence electrons. The lowest BCUT2D eigenvalue weighted by molar-refractivity contribution is 0.0950. The first kappa shape index (κ1) is 25.5. The first-order valence-electron chi connectivity index (χ1n) is 11.5. The van der Waals surface area contributed by atoms with E-state index >= 15 is 0 Å². The largest absolute Gasteiger partial charge is 0.487 e. The Labute approximate surface area is 205 Å². The van der Waals surface area contributed by atoms with Crippen LogP contribution in [0.1, 0.15) is 54.1 Å². The molecule has 2 heterocycles. The number of nitrogens with one attached hydrogen (secondary N) is 3. The van der Waals surface area contributed by atoms with E-state index in [0.29, 0.717) is 42.4 Å². The molecule has 0 saturated carbocycles. The van der Waals surface area contributed by atoms with E-state index in [-0.39, 0.29) is 23.0 Å². The molecule has 1 aromatic heterocycles. The van der Waals surface area contributed by atoms with Crippen LogP contribution in [0, 0.1) is 0 Å². The number of aromatic nitrogens is 1. The van der Waals surface area contributed by atoms with Crippen molar-refractivity contribution in [3.05, 3.63) is 53.5 Å². The van der Waals surface area contributed by atoms with Crippen molar-refractivity contribution in [3.63, 3.8) is 0 Å². The molecule has 1 aromatic carbocycles. The SMILES string of the molecule is CCNC(=O)c1ncc(Oc2cc(C(=O)N=C(N)/C=C\NC)cc3c2CC(C)(C)O3)cc1NCC. The van der Waals surface area contributed by atoms with E-state index in [1.807, 2.05) is 27.7 Å². The molecule has 0 atom stereocenters. The summed E-state index contributed by atoms with van der Waals surface area (Å²) in [5, 5.41) is 8.70. The third-order valence-corrected chi connectivity index (χ3v) is 5.07. The lowest BCUT2D eigenvalue weighted by Crippen LogP contribution is -2.25. The molecule has 0 saturated heterocycles. The maximum Gasteiger partial charge on any atom is 0.279 e. The number of pyridine rings is 1. The molecule has 2 aromatic rings. The normalized spacial score (nSPS) is 14.3. The average Bonchev–Trinajstić information content (AvgIpc) is 3.12. The fourth-order valence-electron chi connectivity index (χ4n) is 3.63. The number of nitrogens with zero attached hydrogens (tertiary/aromatic N) is 2. The number of aliphatic imine (C=N–C) groups is 1. The van der Waals surface area contributed by atoms with Gasteiger partial charge < -0.3 is 31.2 Å². The summed E-state index contributed by atoms with van der Waals surface area (Å²) in [5.74, 6) is 0.670.